The molecule has 7 nitrogen and oxygen atoms in total. The Hall–Kier alpha value is -3.19. The highest BCUT2D eigenvalue weighted by Crippen LogP contribution is 2.37. The maximum Gasteiger partial charge on any atom is 0.261 e. The van der Waals surface area contributed by atoms with Gasteiger partial charge in [0.15, 0.2) is 18.1 Å². The van der Waals surface area contributed by atoms with E-state index in [1.54, 1.807) is 43.5 Å². The Morgan fingerprint density at radius 3 is 2.56 bits per heavy atom. The van der Waals surface area contributed by atoms with Crippen LogP contribution in [0.2, 0.25) is 5.02 Å². The maximum absolute atomic E-state index is 13.0. The summed E-state index contributed by atoms with van der Waals surface area (Å²) in [5.74, 6) is 2.58. The number of benzene rings is 2. The number of nitrogens with zero attached hydrogens (tertiary/aromatic N) is 2. The molecular formula is C24H25ClN2O5. The fourth-order valence-electron chi connectivity index (χ4n) is 3.86. The molecule has 0 aliphatic carbocycles. The molecule has 1 aliphatic heterocycles. The predicted molar refractivity (Wildman–Crippen MR) is 119 cm³/mol. The van der Waals surface area contributed by atoms with Crippen LogP contribution in [0.15, 0.2) is 53.1 Å². The van der Waals surface area contributed by atoms with Gasteiger partial charge < -0.3 is 23.5 Å². The lowest BCUT2D eigenvalue weighted by Crippen LogP contribution is -2.34. The van der Waals surface area contributed by atoms with Crippen LogP contribution in [0.1, 0.15) is 36.1 Å². The summed E-state index contributed by atoms with van der Waals surface area (Å²) in [6.45, 7) is 0.496. The molecule has 1 fully saturated rings. The van der Waals surface area contributed by atoms with Gasteiger partial charge in [0.1, 0.15) is 11.8 Å². The van der Waals surface area contributed by atoms with Gasteiger partial charge >= 0.3 is 0 Å². The van der Waals surface area contributed by atoms with Crippen molar-refractivity contribution < 1.29 is 23.4 Å². The molecule has 3 aromatic rings. The molecule has 2 aromatic carbocycles. The zero-order valence-electron chi connectivity index (χ0n) is 18.0. The molecule has 0 radical (unpaired) electrons. The number of carbonyl (C=O) groups is 1. The van der Waals surface area contributed by atoms with Gasteiger partial charge in [-0.05, 0) is 42.7 Å². The van der Waals surface area contributed by atoms with Crippen LogP contribution >= 0.6 is 11.6 Å². The standard InChI is InChI=1S/C24H25ClN2O5/c1-29-20-6-3-7-21(30-2)23(20)31-15-22(28)27-12-4-5-19(27)24-26-14-18(32-24)13-16-8-10-17(25)11-9-16/h3,6-11,14,19H,4-5,12-13,15H2,1-2H3/t19-/m0/s1. The molecule has 0 spiro atoms. The summed E-state index contributed by atoms with van der Waals surface area (Å²) < 4.78 is 22.5. The second-order valence-corrected chi connectivity index (χ2v) is 7.93. The molecule has 32 heavy (non-hydrogen) atoms. The SMILES string of the molecule is COc1cccc(OC)c1OCC(=O)N1CCC[C@H]1c1ncc(Cc2ccc(Cl)cc2)o1. The first-order valence-corrected chi connectivity index (χ1v) is 10.8. The number of hydrogen-bond acceptors (Lipinski definition) is 6. The van der Waals surface area contributed by atoms with Gasteiger partial charge in [0, 0.05) is 18.0 Å². The fraction of sp³-hybridized carbons (Fsp3) is 0.333. The summed E-state index contributed by atoms with van der Waals surface area (Å²) >= 11 is 5.95. The molecule has 2 heterocycles. The lowest BCUT2D eigenvalue weighted by Gasteiger charge is -2.23. The van der Waals surface area contributed by atoms with Gasteiger partial charge in [-0.15, -0.1) is 0 Å². The molecule has 0 N–H and O–H groups in total. The predicted octanol–water partition coefficient (Wildman–Crippen LogP) is 4.68. The number of carbonyl (C=O) groups excluding carboxylic acids is 1. The third-order valence-electron chi connectivity index (χ3n) is 5.44. The van der Waals surface area contributed by atoms with Gasteiger partial charge in [-0.2, -0.15) is 0 Å². The summed E-state index contributed by atoms with van der Waals surface area (Å²) in [4.78, 5) is 19.2. The number of rotatable bonds is 8. The molecule has 1 aliphatic rings. The quantitative estimate of drug-likeness (QED) is 0.490. The average Bonchev–Trinajstić information content (AvgIpc) is 3.48. The van der Waals surface area contributed by atoms with Crippen LogP contribution in [0, 0.1) is 0 Å². The molecule has 1 aromatic heterocycles. The highest BCUT2D eigenvalue weighted by Gasteiger charge is 2.33. The molecule has 0 bridgehead atoms. The van der Waals surface area contributed by atoms with E-state index >= 15 is 0 Å². The molecule has 8 heteroatoms. The zero-order valence-corrected chi connectivity index (χ0v) is 18.8. The number of hydrogen-bond donors (Lipinski definition) is 0. The number of amides is 1. The minimum atomic E-state index is -0.204. The molecule has 1 amide bonds. The molecular weight excluding hydrogens is 432 g/mol. The fourth-order valence-corrected chi connectivity index (χ4v) is 3.99. The molecule has 168 valence electrons. The molecule has 0 unspecified atom stereocenters. The molecule has 4 rings (SSSR count). The summed E-state index contributed by atoms with van der Waals surface area (Å²) in [7, 11) is 3.09. The third-order valence-corrected chi connectivity index (χ3v) is 5.70. The minimum absolute atomic E-state index is 0.133. The van der Waals surface area contributed by atoms with Gasteiger partial charge in [0.25, 0.3) is 5.91 Å². The summed E-state index contributed by atoms with van der Waals surface area (Å²) in [5, 5.41) is 0.695. The van der Waals surface area contributed by atoms with Crippen LogP contribution in [-0.4, -0.2) is 43.2 Å². The van der Waals surface area contributed by atoms with Gasteiger partial charge in [-0.1, -0.05) is 29.8 Å². The van der Waals surface area contributed by atoms with Crippen molar-refractivity contribution in [3.8, 4) is 17.2 Å². The van der Waals surface area contributed by atoms with Gasteiger partial charge in [-0.25, -0.2) is 4.98 Å². The average molecular weight is 457 g/mol. The number of ether oxygens (including phenoxy) is 3. The number of halogens is 1. The summed E-state index contributed by atoms with van der Waals surface area (Å²) in [6, 6.07) is 12.7. The maximum atomic E-state index is 13.0. The van der Waals surface area contributed by atoms with Crippen LogP contribution in [-0.2, 0) is 11.2 Å². The third kappa shape index (κ3) is 4.83. The molecule has 1 saturated heterocycles. The second-order valence-electron chi connectivity index (χ2n) is 7.49. The van der Waals surface area contributed by atoms with Crippen molar-refractivity contribution >= 4 is 17.5 Å². The van der Waals surface area contributed by atoms with E-state index in [2.05, 4.69) is 4.98 Å². The van der Waals surface area contributed by atoms with E-state index in [0.717, 1.165) is 24.2 Å². The lowest BCUT2D eigenvalue weighted by molar-refractivity contribution is -0.134. The van der Waals surface area contributed by atoms with Gasteiger partial charge in [0.2, 0.25) is 11.6 Å². The first-order chi connectivity index (χ1) is 15.6. The van der Waals surface area contributed by atoms with E-state index < -0.39 is 0 Å². The Morgan fingerprint density at radius 1 is 1.16 bits per heavy atom. The van der Waals surface area contributed by atoms with E-state index in [-0.39, 0.29) is 18.6 Å². The van der Waals surface area contributed by atoms with Crippen LogP contribution in [0.3, 0.4) is 0 Å². The normalized spacial score (nSPS) is 15.6. The van der Waals surface area contributed by atoms with Crippen LogP contribution in [0.4, 0.5) is 0 Å². The first kappa shape index (κ1) is 22.0. The van der Waals surface area contributed by atoms with E-state index in [9.17, 15) is 4.79 Å². The second kappa shape index (κ2) is 9.96. The van der Waals surface area contributed by atoms with Crippen molar-refractivity contribution in [2.45, 2.75) is 25.3 Å². The Labute approximate surface area is 191 Å². The Bertz CT molecular complexity index is 1040. The monoisotopic (exact) mass is 456 g/mol. The van der Waals surface area contributed by atoms with Crippen molar-refractivity contribution in [2.75, 3.05) is 27.4 Å². The van der Waals surface area contributed by atoms with E-state index in [4.69, 9.17) is 30.2 Å². The minimum Gasteiger partial charge on any atom is -0.493 e. The number of aromatic nitrogens is 1. The Balaban J connectivity index is 1.42. The Kier molecular flexibility index (Phi) is 6.85. The zero-order chi connectivity index (χ0) is 22.5. The van der Waals surface area contributed by atoms with Gasteiger partial charge in [0.05, 0.1) is 20.4 Å². The van der Waals surface area contributed by atoms with E-state index in [1.807, 2.05) is 24.3 Å². The number of likely N-dealkylation sites (tertiary alicyclic amines) is 1. The molecule has 0 saturated carbocycles. The van der Waals surface area contributed by atoms with Crippen molar-refractivity contribution in [2.24, 2.45) is 0 Å². The largest absolute Gasteiger partial charge is 0.493 e. The van der Waals surface area contributed by atoms with Crippen LogP contribution in [0.5, 0.6) is 17.2 Å². The van der Waals surface area contributed by atoms with Crippen molar-refractivity contribution in [3.63, 3.8) is 0 Å². The highest BCUT2D eigenvalue weighted by molar-refractivity contribution is 6.30. The summed E-state index contributed by atoms with van der Waals surface area (Å²) in [5.41, 5.74) is 1.08. The van der Waals surface area contributed by atoms with Crippen molar-refractivity contribution in [1.29, 1.82) is 0 Å². The number of oxazole rings is 1. The molecule has 1 atom stereocenters. The number of methoxy groups -OCH3 is 2. The van der Waals surface area contributed by atoms with Gasteiger partial charge in [-0.3, -0.25) is 4.79 Å². The van der Waals surface area contributed by atoms with Crippen LogP contribution < -0.4 is 14.2 Å². The highest BCUT2D eigenvalue weighted by atomic mass is 35.5. The van der Waals surface area contributed by atoms with Crippen molar-refractivity contribution in [1.82, 2.24) is 9.88 Å². The number of para-hydroxylation sites is 1. The van der Waals surface area contributed by atoms with Crippen LogP contribution in [0.25, 0.3) is 0 Å². The lowest BCUT2D eigenvalue weighted by atomic mass is 10.1. The first-order valence-electron chi connectivity index (χ1n) is 10.4. The van der Waals surface area contributed by atoms with E-state index in [1.165, 1.54) is 0 Å². The Morgan fingerprint density at radius 2 is 1.88 bits per heavy atom. The van der Waals surface area contributed by atoms with E-state index in [0.29, 0.717) is 41.1 Å². The topological polar surface area (TPSA) is 74.0 Å². The summed E-state index contributed by atoms with van der Waals surface area (Å²) in [6.07, 6.45) is 4.01. The van der Waals surface area contributed by atoms with Crippen molar-refractivity contribution in [3.05, 3.63) is 70.9 Å². The smallest absolute Gasteiger partial charge is 0.261 e.